The normalized spacial score (nSPS) is 23.5. The zero-order valence-electron chi connectivity index (χ0n) is 32.3. The number of carbonyl (C=O) groups excluding carboxylic acids is 1. The molecule has 4 atom stereocenters. The van der Waals surface area contributed by atoms with Crippen LogP contribution in [0.5, 0.6) is 0 Å². The Morgan fingerprint density at radius 2 is 1.63 bits per heavy atom. The molecule has 290 valence electrons. The second kappa shape index (κ2) is 15.0. The molecule has 0 aliphatic carbocycles. The zero-order chi connectivity index (χ0) is 39.1. The first-order chi connectivity index (χ1) is 23.8. The molecule has 1 saturated heterocycles. The molecule has 0 bridgehead atoms. The Hall–Kier alpha value is -3.07. The van der Waals surface area contributed by atoms with E-state index in [9.17, 15) is 22.8 Å². The van der Waals surface area contributed by atoms with Crippen LogP contribution in [0.1, 0.15) is 65.3 Å². The van der Waals surface area contributed by atoms with E-state index >= 15 is 0 Å². The summed E-state index contributed by atoms with van der Waals surface area (Å²) in [6.45, 7) is 22.1. The van der Waals surface area contributed by atoms with Gasteiger partial charge >= 0.3 is 11.8 Å². The van der Waals surface area contributed by atoms with E-state index in [1.807, 2.05) is 64.2 Å². The molecule has 3 heterocycles. The fraction of sp³-hybridized carbons (Fsp3) is 0.629. The predicted octanol–water partition coefficient (Wildman–Crippen LogP) is 4.84. The third-order valence-electron chi connectivity index (χ3n) is 10.8. The number of benzene rings is 1. The van der Waals surface area contributed by atoms with Gasteiger partial charge in [-0.1, -0.05) is 71.9 Å². The first-order valence-corrected chi connectivity index (χ1v) is 24.8. The highest BCUT2D eigenvalue weighted by atomic mass is 32.2. The average Bonchev–Trinajstić information content (AvgIpc) is 3.45. The van der Waals surface area contributed by atoms with Gasteiger partial charge in [-0.25, -0.2) is 13.8 Å². The SMILES string of the molecule is Cc1cn([C@@H]2OC(CO[Si](C)(C)C(C)(C)C)C3(OS(=O)(=O)C=C3N)[C@H]2O[Si](C)(C)C(C)(C)C)c(=O)n(CCCNC(=O)OCc2ccccc2)c1=O. The largest absolute Gasteiger partial charge is 0.445 e. The first kappa shape index (κ1) is 41.7. The van der Waals surface area contributed by atoms with Crippen molar-refractivity contribution >= 4 is 32.8 Å². The predicted molar refractivity (Wildman–Crippen MR) is 203 cm³/mol. The van der Waals surface area contributed by atoms with Gasteiger partial charge < -0.3 is 29.4 Å². The van der Waals surface area contributed by atoms with Gasteiger partial charge in [0.2, 0.25) is 0 Å². The molecule has 4 rings (SSSR count). The van der Waals surface area contributed by atoms with E-state index in [4.69, 9.17) is 28.2 Å². The topological polar surface area (TPSA) is 179 Å². The van der Waals surface area contributed by atoms with E-state index in [2.05, 4.69) is 39.2 Å². The highest BCUT2D eigenvalue weighted by Gasteiger charge is 2.67. The smallest absolute Gasteiger partial charge is 0.407 e. The molecular weight excluding hydrogens is 725 g/mol. The summed E-state index contributed by atoms with van der Waals surface area (Å²) in [4.78, 5) is 39.9. The second-order valence-corrected chi connectivity index (χ2v) is 27.6. The number of aryl methyl sites for hydroxylation is 1. The highest BCUT2D eigenvalue weighted by molar-refractivity contribution is 7.90. The molecule has 1 amide bonds. The number of alkyl carbamates (subject to hydrolysis) is 1. The molecule has 17 heteroatoms. The summed E-state index contributed by atoms with van der Waals surface area (Å²) in [6, 6.07) is 9.24. The molecule has 2 unspecified atom stereocenters. The quantitative estimate of drug-likeness (QED) is 0.171. The van der Waals surface area contributed by atoms with Crippen LogP contribution in [0.25, 0.3) is 0 Å². The molecule has 0 radical (unpaired) electrons. The summed E-state index contributed by atoms with van der Waals surface area (Å²) >= 11 is 0. The van der Waals surface area contributed by atoms with Crippen LogP contribution >= 0.6 is 0 Å². The molecule has 2 aliphatic heterocycles. The van der Waals surface area contributed by atoms with Crippen LogP contribution in [-0.2, 0) is 45.8 Å². The van der Waals surface area contributed by atoms with E-state index in [0.29, 0.717) is 0 Å². The Labute approximate surface area is 309 Å². The Balaban J connectivity index is 1.71. The third-order valence-corrected chi connectivity index (χ3v) is 20.8. The van der Waals surface area contributed by atoms with Crippen LogP contribution < -0.4 is 22.3 Å². The van der Waals surface area contributed by atoms with E-state index < -0.39 is 68.1 Å². The van der Waals surface area contributed by atoms with Gasteiger partial charge in [-0.2, -0.15) is 8.42 Å². The van der Waals surface area contributed by atoms with Gasteiger partial charge in [-0.3, -0.25) is 13.9 Å². The lowest BCUT2D eigenvalue weighted by molar-refractivity contribution is -0.0567. The van der Waals surface area contributed by atoms with Gasteiger partial charge in [0.25, 0.3) is 15.7 Å². The van der Waals surface area contributed by atoms with Gasteiger partial charge in [-0.05, 0) is 55.2 Å². The number of amides is 1. The minimum Gasteiger partial charge on any atom is -0.445 e. The van der Waals surface area contributed by atoms with Crippen LogP contribution in [0.2, 0.25) is 36.3 Å². The third kappa shape index (κ3) is 8.66. The number of hydrogen-bond acceptors (Lipinski definition) is 11. The minimum atomic E-state index is -4.27. The molecule has 52 heavy (non-hydrogen) atoms. The highest BCUT2D eigenvalue weighted by Crippen LogP contribution is 2.52. The first-order valence-electron chi connectivity index (χ1n) is 17.5. The Kier molecular flexibility index (Phi) is 12.0. The number of hydrogen-bond donors (Lipinski definition) is 2. The molecule has 14 nitrogen and oxygen atoms in total. The number of ether oxygens (including phenoxy) is 2. The number of nitrogens with two attached hydrogens (primary N) is 1. The van der Waals surface area contributed by atoms with Crippen molar-refractivity contribution in [1.29, 1.82) is 0 Å². The van der Waals surface area contributed by atoms with Crippen molar-refractivity contribution < 1.29 is 35.7 Å². The second-order valence-electron chi connectivity index (χ2n) is 16.6. The van der Waals surface area contributed by atoms with E-state index in [1.165, 1.54) is 10.8 Å². The maximum atomic E-state index is 14.3. The van der Waals surface area contributed by atoms with Crippen LogP contribution in [0.3, 0.4) is 0 Å². The lowest BCUT2D eigenvalue weighted by Gasteiger charge is -2.43. The molecule has 3 N–H and O–H groups in total. The molecule has 2 aliphatic rings. The van der Waals surface area contributed by atoms with Crippen molar-refractivity contribution in [2.24, 2.45) is 5.73 Å². The lowest BCUT2D eigenvalue weighted by Crippen LogP contribution is -2.59. The van der Waals surface area contributed by atoms with Crippen molar-refractivity contribution in [3.8, 4) is 0 Å². The number of carbonyl (C=O) groups is 1. The van der Waals surface area contributed by atoms with Gasteiger partial charge in [0, 0.05) is 24.8 Å². The number of nitrogens with zero attached hydrogens (tertiary/aromatic N) is 2. The summed E-state index contributed by atoms with van der Waals surface area (Å²) in [7, 11) is -9.44. The number of nitrogens with one attached hydrogen (secondary N) is 1. The van der Waals surface area contributed by atoms with Crippen molar-refractivity contribution in [2.75, 3.05) is 13.2 Å². The van der Waals surface area contributed by atoms with Gasteiger partial charge in [0.15, 0.2) is 28.5 Å². The fourth-order valence-corrected chi connectivity index (χ4v) is 9.06. The maximum Gasteiger partial charge on any atom is 0.407 e. The van der Waals surface area contributed by atoms with Crippen molar-refractivity contribution in [3.63, 3.8) is 0 Å². The molecule has 1 fully saturated rings. The van der Waals surface area contributed by atoms with Crippen LogP contribution in [0.4, 0.5) is 4.79 Å². The minimum absolute atomic E-state index is 0.0330. The van der Waals surface area contributed by atoms with Crippen LogP contribution in [-0.4, -0.2) is 71.2 Å². The van der Waals surface area contributed by atoms with E-state index in [0.717, 1.165) is 15.5 Å². The van der Waals surface area contributed by atoms with Crippen molar-refractivity contribution in [2.45, 2.75) is 128 Å². The average molecular weight is 781 g/mol. The Morgan fingerprint density at radius 3 is 2.19 bits per heavy atom. The molecule has 2 aromatic rings. The summed E-state index contributed by atoms with van der Waals surface area (Å²) in [6.07, 6.45) is -2.59. The van der Waals surface area contributed by atoms with Gasteiger partial charge in [-0.15, -0.1) is 0 Å². The fourth-order valence-electron chi connectivity index (χ4n) is 5.55. The Bertz CT molecular complexity index is 1880. The van der Waals surface area contributed by atoms with Crippen LogP contribution in [0, 0.1) is 6.92 Å². The van der Waals surface area contributed by atoms with E-state index in [1.54, 1.807) is 6.92 Å². The lowest BCUT2D eigenvalue weighted by atomic mass is 9.89. The van der Waals surface area contributed by atoms with Crippen molar-refractivity contribution in [3.05, 3.63) is 79.6 Å². The molecule has 1 aromatic carbocycles. The maximum absolute atomic E-state index is 14.3. The van der Waals surface area contributed by atoms with Gasteiger partial charge in [0.1, 0.15) is 18.8 Å². The molecule has 0 saturated carbocycles. The molecule has 1 aromatic heterocycles. The standard InChI is InChI=1S/C35H56N4O10SSi2/c1-24-20-39(32(42)38(29(24)40)19-15-18-37-31(41)45-21-25-16-13-12-14-17-25)30-28(48-52(10,11)34(5,6)7)35(26(36)23-50(43,44)49-35)27(47-30)22-46-51(8,9)33(2,3)4/h12-14,16-17,20,23,27-28,30H,15,18-19,21-22,36H2,1-11H3,(H,37,41)/t27?,28-,30+,35?/m0/s1. The Morgan fingerprint density at radius 1 is 1.02 bits per heavy atom. The molecule has 1 spiro atoms. The zero-order valence-corrected chi connectivity index (χ0v) is 35.1. The van der Waals surface area contributed by atoms with Crippen LogP contribution in [0.15, 0.2) is 57.2 Å². The van der Waals surface area contributed by atoms with Crippen molar-refractivity contribution in [1.82, 2.24) is 14.5 Å². The monoisotopic (exact) mass is 780 g/mol. The summed E-state index contributed by atoms with van der Waals surface area (Å²) in [5, 5.41) is 2.99. The van der Waals surface area contributed by atoms with E-state index in [-0.39, 0.29) is 54.1 Å². The van der Waals surface area contributed by atoms with Gasteiger partial charge in [0.05, 0.1) is 17.7 Å². The summed E-state index contributed by atoms with van der Waals surface area (Å²) in [5.41, 5.74) is 4.46. The molecular formula is C35H56N4O10SSi2. The summed E-state index contributed by atoms with van der Waals surface area (Å²) in [5.74, 6) is 0. The summed E-state index contributed by atoms with van der Waals surface area (Å²) < 4.78 is 59.9. The number of rotatable bonds is 12. The number of aromatic nitrogens is 2.